The summed E-state index contributed by atoms with van der Waals surface area (Å²) < 4.78 is 5.62. The Bertz CT molecular complexity index is 269. The molecule has 1 saturated carbocycles. The van der Waals surface area contributed by atoms with Gasteiger partial charge in [-0.25, -0.2) is 0 Å². The minimum absolute atomic E-state index is 0.136. The van der Waals surface area contributed by atoms with Crippen LogP contribution in [-0.4, -0.2) is 37.2 Å². The summed E-state index contributed by atoms with van der Waals surface area (Å²) in [5.41, 5.74) is 0. The topological polar surface area (TPSA) is 50.4 Å². The lowest BCUT2D eigenvalue weighted by atomic mass is 10.1. The van der Waals surface area contributed by atoms with Crippen LogP contribution in [0.3, 0.4) is 0 Å². The van der Waals surface area contributed by atoms with Gasteiger partial charge in [-0.2, -0.15) is 0 Å². The van der Waals surface area contributed by atoms with Crippen molar-refractivity contribution in [1.82, 2.24) is 10.6 Å². The molecule has 1 amide bonds. The van der Waals surface area contributed by atoms with Gasteiger partial charge >= 0.3 is 0 Å². The summed E-state index contributed by atoms with van der Waals surface area (Å²) in [7, 11) is 0. The number of rotatable bonds is 5. The third kappa shape index (κ3) is 5.11. The van der Waals surface area contributed by atoms with E-state index in [2.05, 4.69) is 17.6 Å². The van der Waals surface area contributed by atoms with Gasteiger partial charge in [0.2, 0.25) is 5.91 Å². The van der Waals surface area contributed by atoms with Crippen LogP contribution in [0, 0.1) is 0 Å². The van der Waals surface area contributed by atoms with E-state index in [0.29, 0.717) is 12.6 Å². The molecule has 2 unspecified atom stereocenters. The molecule has 0 radical (unpaired) electrons. The van der Waals surface area contributed by atoms with E-state index < -0.39 is 0 Å². The summed E-state index contributed by atoms with van der Waals surface area (Å²) >= 11 is 0. The number of carbonyl (C=O) groups excluding carboxylic acids is 1. The maximum atomic E-state index is 11.9. The van der Waals surface area contributed by atoms with Gasteiger partial charge in [-0.15, -0.1) is 0 Å². The van der Waals surface area contributed by atoms with Crippen LogP contribution in [-0.2, 0) is 9.53 Å². The Hall–Kier alpha value is -0.610. The maximum Gasteiger partial charge on any atom is 0.234 e. The first kappa shape index (κ1) is 14.8. The molecule has 1 saturated heterocycles. The zero-order chi connectivity index (χ0) is 13.5. The largest absolute Gasteiger partial charge is 0.377 e. The molecule has 2 N–H and O–H groups in total. The molecule has 1 aliphatic heterocycles. The minimum Gasteiger partial charge on any atom is -0.377 e. The lowest BCUT2D eigenvalue weighted by Crippen LogP contribution is -2.45. The number of nitrogens with one attached hydrogen (secondary N) is 2. The highest BCUT2D eigenvalue weighted by atomic mass is 16.5. The van der Waals surface area contributed by atoms with Crippen LogP contribution < -0.4 is 10.6 Å². The molecule has 2 aliphatic rings. The van der Waals surface area contributed by atoms with E-state index in [4.69, 9.17) is 4.74 Å². The summed E-state index contributed by atoms with van der Waals surface area (Å²) in [6, 6.07) is 0.664. The molecular formula is C15H28N2O2. The van der Waals surface area contributed by atoms with Crippen molar-refractivity contribution in [2.24, 2.45) is 0 Å². The highest BCUT2D eigenvalue weighted by Crippen LogP contribution is 2.17. The van der Waals surface area contributed by atoms with Gasteiger partial charge in [0, 0.05) is 18.7 Å². The first-order chi connectivity index (χ1) is 9.25. The fourth-order valence-electron chi connectivity index (χ4n) is 3.08. The molecule has 2 atom stereocenters. The van der Waals surface area contributed by atoms with Crippen molar-refractivity contribution < 1.29 is 9.53 Å². The van der Waals surface area contributed by atoms with E-state index in [1.807, 2.05) is 0 Å². The summed E-state index contributed by atoms with van der Waals surface area (Å²) in [6.07, 6.45) is 9.98. The van der Waals surface area contributed by atoms with E-state index in [-0.39, 0.29) is 18.1 Å². The Balaban J connectivity index is 1.63. The van der Waals surface area contributed by atoms with Crippen molar-refractivity contribution in [2.45, 2.75) is 76.5 Å². The van der Waals surface area contributed by atoms with E-state index in [9.17, 15) is 4.79 Å². The third-order valence-electron chi connectivity index (χ3n) is 4.33. The molecule has 19 heavy (non-hydrogen) atoms. The molecule has 4 heteroatoms. The number of carbonyl (C=O) groups is 1. The summed E-state index contributed by atoms with van der Waals surface area (Å²) in [6.45, 7) is 3.39. The van der Waals surface area contributed by atoms with E-state index >= 15 is 0 Å². The number of hydrogen-bond donors (Lipinski definition) is 2. The maximum absolute atomic E-state index is 11.9. The van der Waals surface area contributed by atoms with Crippen LogP contribution in [0.25, 0.3) is 0 Å². The van der Waals surface area contributed by atoms with Crippen molar-refractivity contribution in [3.05, 3.63) is 0 Å². The predicted molar refractivity (Wildman–Crippen MR) is 76.1 cm³/mol. The molecule has 0 aromatic heterocycles. The Morgan fingerprint density at radius 1 is 1.16 bits per heavy atom. The highest BCUT2D eigenvalue weighted by molar-refractivity contribution is 5.78. The molecular weight excluding hydrogens is 240 g/mol. The standard InChI is InChI=1S/C15H28N2O2/c1-12(14-9-6-10-19-14)16-11-15(18)17-13-7-4-2-3-5-8-13/h12-14,16H,2-11H2,1H3,(H,17,18). The van der Waals surface area contributed by atoms with Crippen LogP contribution in [0.5, 0.6) is 0 Å². The van der Waals surface area contributed by atoms with Crippen LogP contribution >= 0.6 is 0 Å². The van der Waals surface area contributed by atoms with E-state index in [0.717, 1.165) is 32.3 Å². The molecule has 0 bridgehead atoms. The molecule has 0 aromatic rings. The molecule has 2 fully saturated rings. The van der Waals surface area contributed by atoms with Crippen molar-refractivity contribution in [3.8, 4) is 0 Å². The second-order valence-corrected chi connectivity index (χ2v) is 5.98. The van der Waals surface area contributed by atoms with Gasteiger partial charge in [0.25, 0.3) is 0 Å². The Labute approximate surface area is 116 Å². The minimum atomic E-state index is 0.136. The van der Waals surface area contributed by atoms with Crippen LogP contribution in [0.2, 0.25) is 0 Å². The Morgan fingerprint density at radius 3 is 2.53 bits per heavy atom. The fraction of sp³-hybridized carbons (Fsp3) is 0.933. The summed E-state index contributed by atoms with van der Waals surface area (Å²) in [5.74, 6) is 0.136. The zero-order valence-corrected chi connectivity index (χ0v) is 12.1. The van der Waals surface area contributed by atoms with Crippen molar-refractivity contribution in [1.29, 1.82) is 0 Å². The predicted octanol–water partition coefficient (Wildman–Crippen LogP) is 1.98. The van der Waals surface area contributed by atoms with Gasteiger partial charge < -0.3 is 15.4 Å². The quantitative estimate of drug-likeness (QED) is 0.750. The SMILES string of the molecule is CC(NCC(=O)NC1CCCCCC1)C1CCCO1. The molecule has 1 heterocycles. The Kier molecular flexibility index (Phi) is 6.11. The van der Waals surface area contributed by atoms with Gasteiger partial charge in [-0.05, 0) is 32.6 Å². The number of amides is 1. The number of hydrogen-bond acceptors (Lipinski definition) is 3. The summed E-state index contributed by atoms with van der Waals surface area (Å²) in [4.78, 5) is 11.9. The third-order valence-corrected chi connectivity index (χ3v) is 4.33. The normalized spacial score (nSPS) is 26.9. The zero-order valence-electron chi connectivity index (χ0n) is 12.1. The molecule has 4 nitrogen and oxygen atoms in total. The molecule has 1 aliphatic carbocycles. The fourth-order valence-corrected chi connectivity index (χ4v) is 3.08. The average Bonchev–Trinajstić information content (AvgIpc) is 2.82. The highest BCUT2D eigenvalue weighted by Gasteiger charge is 2.22. The lowest BCUT2D eigenvalue weighted by molar-refractivity contribution is -0.121. The second kappa shape index (κ2) is 7.85. The van der Waals surface area contributed by atoms with E-state index in [1.54, 1.807) is 0 Å². The van der Waals surface area contributed by atoms with Gasteiger partial charge in [0.1, 0.15) is 0 Å². The van der Waals surface area contributed by atoms with E-state index in [1.165, 1.54) is 25.7 Å². The van der Waals surface area contributed by atoms with Crippen LogP contribution in [0.4, 0.5) is 0 Å². The van der Waals surface area contributed by atoms with Crippen molar-refractivity contribution >= 4 is 5.91 Å². The van der Waals surface area contributed by atoms with Crippen LogP contribution in [0.1, 0.15) is 58.3 Å². The molecule has 110 valence electrons. The summed E-state index contributed by atoms with van der Waals surface area (Å²) in [5, 5.41) is 6.46. The average molecular weight is 268 g/mol. The first-order valence-electron chi connectivity index (χ1n) is 7.90. The van der Waals surface area contributed by atoms with Crippen LogP contribution in [0.15, 0.2) is 0 Å². The van der Waals surface area contributed by atoms with Crippen molar-refractivity contribution in [3.63, 3.8) is 0 Å². The lowest BCUT2D eigenvalue weighted by Gasteiger charge is -2.21. The van der Waals surface area contributed by atoms with Gasteiger partial charge in [-0.3, -0.25) is 4.79 Å². The molecule has 2 rings (SSSR count). The van der Waals surface area contributed by atoms with Gasteiger partial charge in [-0.1, -0.05) is 25.7 Å². The van der Waals surface area contributed by atoms with Gasteiger partial charge in [0.05, 0.1) is 12.6 Å². The molecule has 0 spiro atoms. The monoisotopic (exact) mass is 268 g/mol. The van der Waals surface area contributed by atoms with Gasteiger partial charge in [0.15, 0.2) is 0 Å². The number of ether oxygens (including phenoxy) is 1. The smallest absolute Gasteiger partial charge is 0.234 e. The Morgan fingerprint density at radius 2 is 1.89 bits per heavy atom. The van der Waals surface area contributed by atoms with Crippen molar-refractivity contribution in [2.75, 3.05) is 13.2 Å². The first-order valence-corrected chi connectivity index (χ1v) is 7.90. The molecule has 0 aromatic carbocycles. The second-order valence-electron chi connectivity index (χ2n) is 5.98.